The van der Waals surface area contributed by atoms with Gasteiger partial charge in [0.15, 0.2) is 0 Å². The first-order valence-corrected chi connectivity index (χ1v) is 11.3. The van der Waals surface area contributed by atoms with Gasteiger partial charge in [0.05, 0.1) is 0 Å². The topological polar surface area (TPSA) is 38.7 Å². The summed E-state index contributed by atoms with van der Waals surface area (Å²) in [6.45, 7) is -0.0247. The summed E-state index contributed by atoms with van der Waals surface area (Å²) < 4.78 is 44.9. The van der Waals surface area contributed by atoms with Crippen LogP contribution in [-0.2, 0) is 25.5 Å². The van der Waals surface area contributed by atoms with Gasteiger partial charge in [0.25, 0.3) is 0 Å². The van der Waals surface area contributed by atoms with Gasteiger partial charge in [0, 0.05) is 46.1 Å². The first-order valence-electron chi connectivity index (χ1n) is 14.3. The third-order valence-corrected chi connectivity index (χ3v) is 6.22. The van der Waals surface area contributed by atoms with Crippen LogP contribution in [-0.4, -0.2) is 15.0 Å². The van der Waals surface area contributed by atoms with E-state index in [4.69, 9.17) is 8.22 Å². The Balaban J connectivity index is 0.000000207. The van der Waals surface area contributed by atoms with Crippen molar-refractivity contribution in [1.82, 2.24) is 15.0 Å². The summed E-state index contributed by atoms with van der Waals surface area (Å²) in [5.41, 5.74) is 7.46. The van der Waals surface area contributed by atoms with E-state index < -0.39 is 13.7 Å². The molecule has 0 amide bonds. The fourth-order valence-corrected chi connectivity index (χ4v) is 4.39. The number of rotatable bonds is 2. The Kier molecular flexibility index (Phi) is 5.55. The Morgan fingerprint density at radius 2 is 1.58 bits per heavy atom. The number of hydrogen-bond donors (Lipinski definition) is 0. The maximum Gasteiger partial charge on any atom is 0.0280 e. The average molecular weight is 652 g/mol. The molecule has 0 saturated carbocycles. The molecule has 181 valence electrons. The molecule has 0 unspecified atom stereocenters. The van der Waals surface area contributed by atoms with Crippen LogP contribution in [0.25, 0.3) is 33.6 Å². The molecule has 0 atom stereocenters. The Morgan fingerprint density at radius 3 is 2.33 bits per heavy atom. The van der Waals surface area contributed by atoms with Crippen LogP contribution in [0, 0.1) is 25.8 Å². The first kappa shape index (κ1) is 18.8. The van der Waals surface area contributed by atoms with Gasteiger partial charge in [-0.2, -0.15) is 0 Å². The summed E-state index contributed by atoms with van der Waals surface area (Å²) in [7, 11) is 0. The minimum absolute atomic E-state index is 0. The summed E-state index contributed by atoms with van der Waals surface area (Å²) in [6, 6.07) is 28.7. The van der Waals surface area contributed by atoms with Gasteiger partial charge in [-0.05, 0) is 51.8 Å². The smallest absolute Gasteiger partial charge is 0.0280 e. The van der Waals surface area contributed by atoms with Crippen molar-refractivity contribution in [2.75, 3.05) is 0 Å². The first-order chi connectivity index (χ1) is 19.4. The second kappa shape index (κ2) is 10.7. The van der Waals surface area contributed by atoms with Crippen LogP contribution in [0.15, 0.2) is 91.4 Å². The molecule has 4 heteroatoms. The summed E-state index contributed by atoms with van der Waals surface area (Å²) in [5, 5.41) is 0. The molecule has 3 aromatic heterocycles. The molecule has 0 fully saturated rings. The number of hydrogen-bond acceptors (Lipinski definition) is 3. The van der Waals surface area contributed by atoms with E-state index in [2.05, 4.69) is 53.1 Å². The van der Waals surface area contributed by atoms with Crippen molar-refractivity contribution in [2.45, 2.75) is 33.0 Å². The Morgan fingerprint density at radius 1 is 0.750 bits per heavy atom. The summed E-state index contributed by atoms with van der Waals surface area (Å²) in [4.78, 5) is 12.7. The van der Waals surface area contributed by atoms with E-state index in [1.165, 1.54) is 23.5 Å². The molecule has 2 aromatic carbocycles. The van der Waals surface area contributed by atoms with Crippen molar-refractivity contribution in [3.8, 4) is 33.6 Å². The van der Waals surface area contributed by atoms with E-state index >= 15 is 0 Å². The standard InChI is InChI=1S/C20H17N2.C12H10N.Ir/c1-13-14(8-6-10-21-13)19-11-16-15-7-4-5-9-17(15)20(2,3)18(16)12-22-19;1-10-7-8-12(13-9-10)11-5-3-2-4-6-11;/h4-7,9-12H,1-3H3;2-5,7-9H,1H3;/q2*-1;/i2*1D3;. The number of aromatic nitrogens is 3. The van der Waals surface area contributed by atoms with E-state index in [0.717, 1.165) is 22.4 Å². The molecule has 36 heavy (non-hydrogen) atoms. The van der Waals surface area contributed by atoms with Crippen molar-refractivity contribution in [2.24, 2.45) is 0 Å². The number of nitrogens with zero attached hydrogens (tertiary/aromatic N) is 3. The predicted molar refractivity (Wildman–Crippen MR) is 142 cm³/mol. The van der Waals surface area contributed by atoms with E-state index in [0.29, 0.717) is 11.3 Å². The van der Waals surface area contributed by atoms with Crippen LogP contribution in [0.3, 0.4) is 0 Å². The third-order valence-electron chi connectivity index (χ3n) is 6.22. The number of benzene rings is 2. The van der Waals surface area contributed by atoms with Gasteiger partial charge in [-0.3, -0.25) is 0 Å². The molecule has 0 spiro atoms. The molecular weight excluding hydrogens is 619 g/mol. The van der Waals surface area contributed by atoms with Crippen LogP contribution in [0.2, 0.25) is 0 Å². The van der Waals surface area contributed by atoms with Gasteiger partial charge in [0.1, 0.15) is 0 Å². The maximum atomic E-state index is 7.72. The van der Waals surface area contributed by atoms with Crippen LogP contribution >= 0.6 is 0 Å². The van der Waals surface area contributed by atoms with Crippen LogP contribution in [0.5, 0.6) is 0 Å². The van der Waals surface area contributed by atoms with Crippen molar-refractivity contribution >= 4 is 0 Å². The van der Waals surface area contributed by atoms with E-state index in [9.17, 15) is 0 Å². The summed E-state index contributed by atoms with van der Waals surface area (Å²) >= 11 is 0. The number of pyridine rings is 3. The fourth-order valence-electron chi connectivity index (χ4n) is 4.39. The monoisotopic (exact) mass is 652 g/mol. The van der Waals surface area contributed by atoms with Crippen molar-refractivity contribution in [3.63, 3.8) is 0 Å². The molecule has 6 rings (SSSR count). The molecule has 0 aliphatic heterocycles. The van der Waals surface area contributed by atoms with Gasteiger partial charge >= 0.3 is 0 Å². The molecule has 1 radical (unpaired) electrons. The molecule has 3 heterocycles. The van der Waals surface area contributed by atoms with Gasteiger partial charge < -0.3 is 15.0 Å². The summed E-state index contributed by atoms with van der Waals surface area (Å²) in [6.07, 6.45) is 4.70. The third kappa shape index (κ3) is 4.93. The van der Waals surface area contributed by atoms with Crippen LogP contribution < -0.4 is 0 Å². The van der Waals surface area contributed by atoms with Gasteiger partial charge in [-0.15, -0.1) is 53.6 Å². The Labute approximate surface area is 235 Å². The largest absolute Gasteiger partial charge is 0.357 e. The van der Waals surface area contributed by atoms with Gasteiger partial charge in [-0.1, -0.05) is 69.4 Å². The Hall–Kier alpha value is -3.46. The summed E-state index contributed by atoms with van der Waals surface area (Å²) in [5.74, 6) is 0. The second-order valence-corrected chi connectivity index (χ2v) is 8.81. The SMILES string of the molecule is [2H]C([2H])([2H])c1ccc(-c2[c-]cccc2)nc1.[2H]C([2H])([2H])c1ncc[c-]c1-c1cc2c(cn1)C(C)(C)c1ccccc1-2.[Ir]. The van der Waals surface area contributed by atoms with Crippen molar-refractivity contribution < 1.29 is 28.3 Å². The van der Waals surface area contributed by atoms with E-state index in [-0.39, 0.29) is 36.8 Å². The van der Waals surface area contributed by atoms with E-state index in [1.54, 1.807) is 24.3 Å². The molecule has 1 aliphatic carbocycles. The van der Waals surface area contributed by atoms with Crippen molar-refractivity contribution in [1.29, 1.82) is 0 Å². The molecular formula is C32H27IrN3-2. The second-order valence-electron chi connectivity index (χ2n) is 8.81. The fraction of sp³-hybridized carbons (Fsp3) is 0.156. The zero-order valence-electron chi connectivity index (χ0n) is 25.8. The number of aryl methyl sites for hydroxylation is 2. The predicted octanol–water partition coefficient (Wildman–Crippen LogP) is 7.41. The van der Waals surface area contributed by atoms with Gasteiger partial charge in [-0.25, -0.2) is 0 Å². The molecule has 5 aromatic rings. The average Bonchev–Trinajstić information content (AvgIpc) is 3.19. The molecule has 3 nitrogen and oxygen atoms in total. The minimum Gasteiger partial charge on any atom is -0.357 e. The molecule has 1 aliphatic rings. The normalized spacial score (nSPS) is 15.6. The quantitative estimate of drug-likeness (QED) is 0.187. The zero-order valence-corrected chi connectivity index (χ0v) is 22.2. The van der Waals surface area contributed by atoms with Crippen LogP contribution in [0.4, 0.5) is 0 Å². The van der Waals surface area contributed by atoms with Crippen molar-refractivity contribution in [3.05, 3.63) is 126 Å². The molecule has 0 saturated heterocycles. The van der Waals surface area contributed by atoms with Gasteiger partial charge in [0.2, 0.25) is 0 Å². The maximum absolute atomic E-state index is 7.72. The van der Waals surface area contributed by atoms with E-state index in [1.807, 2.05) is 42.6 Å². The zero-order chi connectivity index (χ0) is 29.4. The van der Waals surface area contributed by atoms with Crippen LogP contribution in [0.1, 0.15) is 44.5 Å². The Bertz CT molecular complexity index is 1680. The molecule has 0 N–H and O–H groups in total. The molecule has 0 bridgehead atoms. The number of fused-ring (bicyclic) bond motifs is 3. The minimum atomic E-state index is -2.30.